The molecule has 0 saturated carbocycles. The van der Waals surface area contributed by atoms with Gasteiger partial charge in [-0.2, -0.15) is 0 Å². The molecule has 2 aliphatic rings. The molecule has 0 radical (unpaired) electrons. The molecule has 3 N–H and O–H groups in total. The first kappa shape index (κ1) is 27.9. The molecule has 10 nitrogen and oxygen atoms in total. The van der Waals surface area contributed by atoms with Crippen LogP contribution >= 0.6 is 11.8 Å². The van der Waals surface area contributed by atoms with Gasteiger partial charge in [0.05, 0.1) is 15.8 Å². The Labute approximate surface area is 226 Å². The molecule has 2 heterocycles. The lowest BCUT2D eigenvalue weighted by molar-refractivity contribution is -0.115. The first-order valence-corrected chi connectivity index (χ1v) is 14.7. The van der Waals surface area contributed by atoms with E-state index in [9.17, 15) is 22.8 Å². The molecule has 3 amide bonds. The van der Waals surface area contributed by atoms with Crippen molar-refractivity contribution in [3.8, 4) is 0 Å². The maximum absolute atomic E-state index is 13.1. The Morgan fingerprint density at radius 3 is 2.50 bits per heavy atom. The highest BCUT2D eigenvalue weighted by molar-refractivity contribution is 8.01. The third-order valence-electron chi connectivity index (χ3n) is 6.04. The number of fused-ring (bicyclic) bond motifs is 1. The number of hydrogen-bond donors (Lipinski definition) is 3. The van der Waals surface area contributed by atoms with Gasteiger partial charge in [0.1, 0.15) is 5.60 Å². The van der Waals surface area contributed by atoms with Crippen LogP contribution in [0.15, 0.2) is 52.3 Å². The molecule has 1 saturated heterocycles. The number of ether oxygens (including phenoxy) is 1. The quantitative estimate of drug-likeness (QED) is 0.502. The van der Waals surface area contributed by atoms with Crippen molar-refractivity contribution >= 4 is 51.1 Å². The summed E-state index contributed by atoms with van der Waals surface area (Å²) in [7, 11) is -3.86. The van der Waals surface area contributed by atoms with Crippen molar-refractivity contribution in [2.45, 2.75) is 67.2 Å². The number of carbonyl (C=O) groups is 3. The number of nitrogens with one attached hydrogen (secondary N) is 3. The second-order valence-electron chi connectivity index (χ2n) is 10.3. The zero-order valence-electron chi connectivity index (χ0n) is 21.7. The van der Waals surface area contributed by atoms with Crippen molar-refractivity contribution in [3.63, 3.8) is 0 Å². The third-order valence-corrected chi connectivity index (χ3v) is 8.74. The average Bonchev–Trinajstić information content (AvgIpc) is 2.84. The van der Waals surface area contributed by atoms with Crippen molar-refractivity contribution in [1.29, 1.82) is 0 Å². The fourth-order valence-electron chi connectivity index (χ4n) is 4.09. The normalized spacial score (nSPS) is 18.4. The summed E-state index contributed by atoms with van der Waals surface area (Å²) in [5.41, 5.74) is 0.637. The van der Waals surface area contributed by atoms with Crippen LogP contribution in [0.25, 0.3) is 0 Å². The second-order valence-corrected chi connectivity index (χ2v) is 13.4. The lowest BCUT2D eigenvalue weighted by atomic mass is 10.1. The van der Waals surface area contributed by atoms with Crippen molar-refractivity contribution < 1.29 is 27.5 Å². The fourth-order valence-corrected chi connectivity index (χ4v) is 6.37. The Bertz CT molecular complexity index is 1350. The molecule has 204 valence electrons. The third kappa shape index (κ3) is 6.86. The number of amides is 3. The topological polar surface area (TPSA) is 134 Å². The standard InChI is InChI=1S/C26H32N4O6S2/c1-16-23(31)28-21-14-17(8-9-22(21)37-16)24(32)27-19-6-5-7-20(15-19)38(34,35)29-18-10-12-30(13-11-18)25(33)36-26(2,3)4/h5-9,14-16,18,29H,10-13H2,1-4H3,(H,27,32)(H,28,31). The van der Waals surface area contributed by atoms with Gasteiger partial charge in [0.15, 0.2) is 0 Å². The molecule has 1 unspecified atom stereocenters. The molecule has 2 aromatic carbocycles. The zero-order chi connectivity index (χ0) is 27.7. The van der Waals surface area contributed by atoms with Gasteiger partial charge in [-0.15, -0.1) is 11.8 Å². The first-order valence-electron chi connectivity index (χ1n) is 12.3. The van der Waals surface area contributed by atoms with E-state index >= 15 is 0 Å². The van der Waals surface area contributed by atoms with Crippen molar-refractivity contribution in [2.24, 2.45) is 0 Å². The van der Waals surface area contributed by atoms with Gasteiger partial charge in [-0.3, -0.25) is 9.59 Å². The molecule has 2 aliphatic heterocycles. The first-order chi connectivity index (χ1) is 17.8. The maximum Gasteiger partial charge on any atom is 0.410 e. The van der Waals surface area contributed by atoms with E-state index in [-0.39, 0.29) is 22.1 Å². The monoisotopic (exact) mass is 560 g/mol. The van der Waals surface area contributed by atoms with Crippen LogP contribution in [0.3, 0.4) is 0 Å². The predicted molar refractivity (Wildman–Crippen MR) is 146 cm³/mol. The summed E-state index contributed by atoms with van der Waals surface area (Å²) < 4.78 is 34.2. The minimum Gasteiger partial charge on any atom is -0.444 e. The number of thioether (sulfide) groups is 1. The van der Waals surface area contributed by atoms with Crippen LogP contribution in [0.1, 0.15) is 50.9 Å². The summed E-state index contributed by atoms with van der Waals surface area (Å²) in [6, 6.07) is 10.7. The SMILES string of the molecule is CC1Sc2ccc(C(=O)Nc3cccc(S(=O)(=O)NC4CCN(C(=O)OC(C)(C)C)CC4)c3)cc2NC1=O. The fraction of sp³-hybridized carbons (Fsp3) is 0.423. The minimum atomic E-state index is -3.86. The van der Waals surface area contributed by atoms with E-state index in [0.29, 0.717) is 42.9 Å². The van der Waals surface area contributed by atoms with Crippen LogP contribution < -0.4 is 15.4 Å². The molecule has 1 fully saturated rings. The number of hydrogen-bond acceptors (Lipinski definition) is 7. The smallest absolute Gasteiger partial charge is 0.410 e. The molecule has 38 heavy (non-hydrogen) atoms. The number of benzene rings is 2. The van der Waals surface area contributed by atoms with Crippen LogP contribution in [-0.4, -0.2) is 61.2 Å². The molecular formula is C26H32N4O6S2. The molecule has 0 aromatic heterocycles. The van der Waals surface area contributed by atoms with Gasteiger partial charge >= 0.3 is 6.09 Å². The van der Waals surface area contributed by atoms with E-state index in [4.69, 9.17) is 4.74 Å². The molecule has 2 aromatic rings. The van der Waals surface area contributed by atoms with Gasteiger partial charge in [0.2, 0.25) is 15.9 Å². The lowest BCUT2D eigenvalue weighted by Gasteiger charge is -2.33. The van der Waals surface area contributed by atoms with Crippen LogP contribution in [0.5, 0.6) is 0 Å². The Morgan fingerprint density at radius 2 is 1.82 bits per heavy atom. The summed E-state index contributed by atoms with van der Waals surface area (Å²) >= 11 is 1.42. The van der Waals surface area contributed by atoms with Crippen molar-refractivity contribution in [3.05, 3.63) is 48.0 Å². The van der Waals surface area contributed by atoms with Gasteiger partial charge in [0, 0.05) is 35.3 Å². The highest BCUT2D eigenvalue weighted by Crippen LogP contribution is 2.36. The van der Waals surface area contributed by atoms with Crippen molar-refractivity contribution in [2.75, 3.05) is 23.7 Å². The van der Waals surface area contributed by atoms with Gasteiger partial charge in [-0.05, 0) is 76.9 Å². The van der Waals surface area contributed by atoms with E-state index in [1.54, 1.807) is 56.0 Å². The number of sulfonamides is 1. The van der Waals surface area contributed by atoms with Crippen molar-refractivity contribution in [1.82, 2.24) is 9.62 Å². The molecule has 0 spiro atoms. The molecule has 0 bridgehead atoms. The number of likely N-dealkylation sites (tertiary alicyclic amines) is 1. The Balaban J connectivity index is 1.37. The number of piperidine rings is 1. The number of anilines is 2. The highest BCUT2D eigenvalue weighted by atomic mass is 32.2. The van der Waals surface area contributed by atoms with Gasteiger partial charge in [-0.1, -0.05) is 6.07 Å². The van der Waals surface area contributed by atoms with Gasteiger partial charge < -0.3 is 20.3 Å². The largest absolute Gasteiger partial charge is 0.444 e. The van der Waals surface area contributed by atoms with Crippen LogP contribution in [0.2, 0.25) is 0 Å². The maximum atomic E-state index is 13.1. The summed E-state index contributed by atoms with van der Waals surface area (Å²) in [4.78, 5) is 39.6. The second kappa shape index (κ2) is 11.0. The number of nitrogens with zero attached hydrogens (tertiary/aromatic N) is 1. The summed E-state index contributed by atoms with van der Waals surface area (Å²) in [6.07, 6.45) is 0.513. The predicted octanol–water partition coefficient (Wildman–Crippen LogP) is 4.05. The summed E-state index contributed by atoms with van der Waals surface area (Å²) in [6.45, 7) is 7.98. The number of carbonyl (C=O) groups excluding carboxylic acids is 3. The van der Waals surface area contributed by atoms with E-state index < -0.39 is 27.6 Å². The van der Waals surface area contributed by atoms with E-state index in [0.717, 1.165) is 4.90 Å². The van der Waals surface area contributed by atoms with E-state index in [1.807, 2.05) is 6.92 Å². The summed E-state index contributed by atoms with van der Waals surface area (Å²) in [5, 5.41) is 5.32. The van der Waals surface area contributed by atoms with Crippen LogP contribution in [0.4, 0.5) is 16.2 Å². The Hall–Kier alpha value is -3.09. The molecule has 1 atom stereocenters. The number of rotatable bonds is 5. The Kier molecular flexibility index (Phi) is 8.05. The molecule has 4 rings (SSSR count). The Morgan fingerprint density at radius 1 is 1.11 bits per heavy atom. The highest BCUT2D eigenvalue weighted by Gasteiger charge is 2.29. The minimum absolute atomic E-state index is 0.0213. The average molecular weight is 561 g/mol. The van der Waals surface area contributed by atoms with Gasteiger partial charge in [-0.25, -0.2) is 17.9 Å². The lowest BCUT2D eigenvalue weighted by Crippen LogP contribution is -2.47. The van der Waals surface area contributed by atoms with E-state index in [1.165, 1.54) is 23.9 Å². The molecular weight excluding hydrogens is 528 g/mol. The van der Waals surface area contributed by atoms with Gasteiger partial charge in [0.25, 0.3) is 5.91 Å². The van der Waals surface area contributed by atoms with E-state index in [2.05, 4.69) is 15.4 Å². The molecule has 0 aliphatic carbocycles. The van der Waals surface area contributed by atoms with Crippen LogP contribution in [0, 0.1) is 0 Å². The van der Waals surface area contributed by atoms with Crippen LogP contribution in [-0.2, 0) is 19.6 Å². The molecule has 12 heteroatoms. The zero-order valence-corrected chi connectivity index (χ0v) is 23.4. The summed E-state index contributed by atoms with van der Waals surface area (Å²) in [5.74, 6) is -0.552.